The van der Waals surface area contributed by atoms with Crippen LogP contribution in [0.4, 0.5) is 17.6 Å². The fourth-order valence-electron chi connectivity index (χ4n) is 2.60. The second-order valence-corrected chi connectivity index (χ2v) is 5.79. The molecule has 0 unspecified atom stereocenters. The lowest BCUT2D eigenvalue weighted by Gasteiger charge is -2.09. The van der Waals surface area contributed by atoms with Gasteiger partial charge in [-0.25, -0.2) is 14.2 Å². The molecule has 148 valence electrons. The Labute approximate surface area is 163 Å². The van der Waals surface area contributed by atoms with Gasteiger partial charge in [-0.15, -0.1) is 0 Å². The van der Waals surface area contributed by atoms with Crippen molar-refractivity contribution in [2.75, 3.05) is 6.61 Å². The van der Waals surface area contributed by atoms with Crippen LogP contribution in [0.5, 0.6) is 0 Å². The Balaban J connectivity index is 2.12. The molecule has 0 N–H and O–H groups in total. The summed E-state index contributed by atoms with van der Waals surface area (Å²) in [6.45, 7) is 1.75. The van der Waals surface area contributed by atoms with E-state index in [1.54, 1.807) is 6.92 Å². The number of ether oxygens (including phenoxy) is 1. The lowest BCUT2D eigenvalue weighted by Crippen LogP contribution is -2.12. The van der Waals surface area contributed by atoms with E-state index in [0.717, 1.165) is 6.07 Å². The normalized spacial score (nSPS) is 10.9. The van der Waals surface area contributed by atoms with Gasteiger partial charge in [0, 0.05) is 11.3 Å². The summed E-state index contributed by atoms with van der Waals surface area (Å²) in [6, 6.07) is 10.0. The minimum Gasteiger partial charge on any atom is -0.461 e. The number of aromatic nitrogens is 2. The average molecular weight is 402 g/mol. The van der Waals surface area contributed by atoms with Crippen LogP contribution in [-0.2, 0) is 10.9 Å². The summed E-state index contributed by atoms with van der Waals surface area (Å²) >= 11 is 0. The molecule has 1 heterocycles. The van der Waals surface area contributed by atoms with Crippen molar-refractivity contribution in [1.29, 1.82) is 0 Å². The molecule has 4 nitrogen and oxygen atoms in total. The fraction of sp³-hybridized carbons (Fsp3) is 0.143. The molecule has 0 atom stereocenters. The van der Waals surface area contributed by atoms with Crippen LogP contribution < -0.4 is 0 Å². The Morgan fingerprint density at radius 3 is 2.45 bits per heavy atom. The topological polar surface area (TPSA) is 44.1 Å². The number of imidazole rings is 1. The molecule has 2 aromatic carbocycles. The zero-order valence-corrected chi connectivity index (χ0v) is 15.1. The zero-order valence-electron chi connectivity index (χ0n) is 15.1. The molecule has 0 aliphatic heterocycles. The highest BCUT2D eigenvalue weighted by Gasteiger charge is 2.32. The quantitative estimate of drug-likeness (QED) is 0.365. The van der Waals surface area contributed by atoms with E-state index in [1.807, 2.05) is 0 Å². The van der Waals surface area contributed by atoms with Gasteiger partial charge in [0.2, 0.25) is 0 Å². The van der Waals surface area contributed by atoms with Gasteiger partial charge >= 0.3 is 12.1 Å². The van der Waals surface area contributed by atoms with Gasteiger partial charge < -0.3 is 4.74 Å². The third kappa shape index (κ3) is 4.46. The Morgan fingerprint density at radius 2 is 1.79 bits per heavy atom. The average Bonchev–Trinajstić information content (AvgIpc) is 3.11. The summed E-state index contributed by atoms with van der Waals surface area (Å²) in [5, 5.41) is 0. The Kier molecular flexibility index (Phi) is 5.69. The molecule has 1 aromatic heterocycles. The first-order chi connectivity index (χ1) is 13.8. The highest BCUT2D eigenvalue weighted by Crippen LogP contribution is 2.31. The molecule has 8 heteroatoms. The highest BCUT2D eigenvalue weighted by molar-refractivity contribution is 5.88. The van der Waals surface area contributed by atoms with Crippen LogP contribution in [0.3, 0.4) is 0 Å². The van der Waals surface area contributed by atoms with Crippen LogP contribution >= 0.6 is 0 Å². The first kappa shape index (κ1) is 20.1. The molecule has 0 fully saturated rings. The van der Waals surface area contributed by atoms with Gasteiger partial charge in [0.05, 0.1) is 18.4 Å². The molecular weight excluding hydrogens is 388 g/mol. The van der Waals surface area contributed by atoms with E-state index >= 15 is 0 Å². The van der Waals surface area contributed by atoms with Crippen molar-refractivity contribution in [2.45, 2.75) is 13.1 Å². The number of hydrogen-bond donors (Lipinski definition) is 0. The summed E-state index contributed by atoms with van der Waals surface area (Å²) in [5.74, 6) is 3.87. The summed E-state index contributed by atoms with van der Waals surface area (Å²) < 4.78 is 59.1. The standard InChI is InChI=1S/C21H14F4N2O2/c1-2-29-20(28)18-13-26-19(27(18)16-10-8-15(22)9-11-16)12-7-14-5-3-4-6-17(14)21(23,24)25/h3-6,8-11,13H,2H2,1H3. The van der Waals surface area contributed by atoms with E-state index in [0.29, 0.717) is 5.69 Å². The number of alkyl halides is 3. The van der Waals surface area contributed by atoms with Crippen LogP contribution in [-0.4, -0.2) is 22.1 Å². The molecule has 0 saturated carbocycles. The van der Waals surface area contributed by atoms with Crippen LogP contribution in [0.15, 0.2) is 54.7 Å². The van der Waals surface area contributed by atoms with Crippen LogP contribution in [0.25, 0.3) is 5.69 Å². The van der Waals surface area contributed by atoms with E-state index in [1.165, 1.54) is 53.2 Å². The third-order valence-corrected chi connectivity index (χ3v) is 3.87. The number of carbonyl (C=O) groups excluding carboxylic acids is 1. The maximum absolute atomic E-state index is 13.3. The van der Waals surface area contributed by atoms with Gasteiger partial charge in [0.1, 0.15) is 5.82 Å². The SMILES string of the molecule is CCOC(=O)c1cnc(C#Cc2ccccc2C(F)(F)F)n1-c1ccc(F)cc1. The Bertz CT molecular complexity index is 1090. The summed E-state index contributed by atoms with van der Waals surface area (Å²) in [6.07, 6.45) is -3.35. The number of halogens is 4. The molecule has 0 aliphatic rings. The van der Waals surface area contributed by atoms with Crippen LogP contribution in [0.2, 0.25) is 0 Å². The molecule has 0 amide bonds. The third-order valence-electron chi connectivity index (χ3n) is 3.87. The number of carbonyl (C=O) groups is 1. The van der Waals surface area contributed by atoms with E-state index in [-0.39, 0.29) is 23.7 Å². The summed E-state index contributed by atoms with van der Waals surface area (Å²) in [5.41, 5.74) is -0.725. The smallest absolute Gasteiger partial charge is 0.417 e. The molecule has 0 aliphatic carbocycles. The van der Waals surface area contributed by atoms with Gasteiger partial charge in [0.15, 0.2) is 11.5 Å². The monoisotopic (exact) mass is 402 g/mol. The van der Waals surface area contributed by atoms with E-state index in [4.69, 9.17) is 4.74 Å². The van der Waals surface area contributed by atoms with E-state index in [2.05, 4.69) is 16.8 Å². The predicted molar refractivity (Wildman–Crippen MR) is 96.9 cm³/mol. The minimum absolute atomic E-state index is 0.0108. The maximum atomic E-state index is 13.3. The lowest BCUT2D eigenvalue weighted by molar-refractivity contribution is -0.137. The van der Waals surface area contributed by atoms with Crippen LogP contribution in [0, 0.1) is 17.7 Å². The predicted octanol–water partition coefficient (Wildman–Crippen LogP) is 4.61. The lowest BCUT2D eigenvalue weighted by atomic mass is 10.1. The first-order valence-electron chi connectivity index (χ1n) is 8.50. The second-order valence-electron chi connectivity index (χ2n) is 5.79. The summed E-state index contributed by atoms with van der Waals surface area (Å²) in [4.78, 5) is 16.3. The molecule has 0 saturated heterocycles. The second kappa shape index (κ2) is 8.19. The molecular formula is C21H14F4N2O2. The summed E-state index contributed by atoms with van der Waals surface area (Å²) in [7, 11) is 0. The van der Waals surface area contributed by atoms with Gasteiger partial charge in [0.25, 0.3) is 0 Å². The van der Waals surface area contributed by atoms with Crippen LogP contribution in [0.1, 0.15) is 34.4 Å². The van der Waals surface area contributed by atoms with E-state index in [9.17, 15) is 22.4 Å². The maximum Gasteiger partial charge on any atom is 0.417 e. The van der Waals surface area contributed by atoms with Crippen molar-refractivity contribution in [1.82, 2.24) is 9.55 Å². The van der Waals surface area contributed by atoms with Crippen molar-refractivity contribution in [3.05, 3.63) is 83.2 Å². The number of rotatable bonds is 3. The van der Waals surface area contributed by atoms with Gasteiger partial charge in [-0.05, 0) is 49.2 Å². The number of hydrogen-bond acceptors (Lipinski definition) is 3. The Hall–Kier alpha value is -3.60. The molecule has 29 heavy (non-hydrogen) atoms. The zero-order chi connectivity index (χ0) is 21.0. The Morgan fingerprint density at radius 1 is 1.10 bits per heavy atom. The van der Waals surface area contributed by atoms with E-state index < -0.39 is 23.5 Å². The molecule has 0 bridgehead atoms. The molecule has 0 radical (unpaired) electrons. The van der Waals surface area contributed by atoms with Crippen molar-refractivity contribution in [3.63, 3.8) is 0 Å². The van der Waals surface area contributed by atoms with Crippen molar-refractivity contribution in [3.8, 4) is 17.5 Å². The first-order valence-corrected chi connectivity index (χ1v) is 8.50. The van der Waals surface area contributed by atoms with Crippen molar-refractivity contribution < 1.29 is 27.1 Å². The minimum atomic E-state index is -4.56. The van der Waals surface area contributed by atoms with Crippen molar-refractivity contribution >= 4 is 5.97 Å². The molecule has 0 spiro atoms. The molecule has 3 rings (SSSR count). The number of benzene rings is 2. The van der Waals surface area contributed by atoms with Gasteiger partial charge in [-0.2, -0.15) is 13.2 Å². The number of nitrogens with zero attached hydrogens (tertiary/aromatic N) is 2. The number of esters is 1. The molecule has 3 aromatic rings. The largest absolute Gasteiger partial charge is 0.461 e. The van der Waals surface area contributed by atoms with Crippen molar-refractivity contribution in [2.24, 2.45) is 0 Å². The fourth-order valence-corrected chi connectivity index (χ4v) is 2.60. The highest BCUT2D eigenvalue weighted by atomic mass is 19.4. The van der Waals surface area contributed by atoms with Gasteiger partial charge in [-0.3, -0.25) is 4.57 Å². The van der Waals surface area contributed by atoms with Gasteiger partial charge in [-0.1, -0.05) is 18.1 Å².